The first-order valence-electron chi connectivity index (χ1n) is 5.12. The van der Waals surface area contributed by atoms with Crippen molar-refractivity contribution in [1.29, 1.82) is 0 Å². The van der Waals surface area contributed by atoms with E-state index in [1.807, 2.05) is 24.1 Å². The molecule has 0 amide bonds. The normalized spacial score (nSPS) is 13.6. The Labute approximate surface area is 85.8 Å². The van der Waals surface area contributed by atoms with Gasteiger partial charge >= 0.3 is 0 Å². The lowest BCUT2D eigenvalue weighted by molar-refractivity contribution is 0.625. The van der Waals surface area contributed by atoms with E-state index in [2.05, 4.69) is 36.4 Å². The Morgan fingerprint density at radius 2 is 2.43 bits per heavy atom. The molecule has 0 saturated carbocycles. The van der Waals surface area contributed by atoms with Crippen LogP contribution in [0.4, 0.5) is 0 Å². The van der Waals surface area contributed by atoms with E-state index >= 15 is 0 Å². The minimum absolute atomic E-state index is 0.426. The van der Waals surface area contributed by atoms with Crippen LogP contribution in [-0.4, -0.2) is 22.4 Å². The van der Waals surface area contributed by atoms with Gasteiger partial charge in [-0.15, -0.1) is 0 Å². The Bertz CT molecular complexity index is 288. The first-order chi connectivity index (χ1) is 6.72. The van der Waals surface area contributed by atoms with E-state index in [-0.39, 0.29) is 0 Å². The van der Waals surface area contributed by atoms with Crippen molar-refractivity contribution in [2.75, 3.05) is 6.54 Å². The van der Waals surface area contributed by atoms with Crippen molar-refractivity contribution in [2.45, 2.75) is 26.3 Å². The fraction of sp³-hybridized carbons (Fsp3) is 0.545. The van der Waals surface area contributed by atoms with Gasteiger partial charge in [0, 0.05) is 24.8 Å². The van der Waals surface area contributed by atoms with Crippen molar-refractivity contribution >= 4 is 6.08 Å². The molecule has 1 rings (SSSR count). The van der Waals surface area contributed by atoms with E-state index in [0.717, 1.165) is 12.1 Å². The number of nitrogens with zero attached hydrogens (tertiary/aromatic N) is 2. The smallest absolute Gasteiger partial charge is 0.0562 e. The largest absolute Gasteiger partial charge is 0.311 e. The van der Waals surface area contributed by atoms with Gasteiger partial charge in [-0.25, -0.2) is 0 Å². The molecule has 0 saturated heterocycles. The minimum Gasteiger partial charge on any atom is -0.311 e. The summed E-state index contributed by atoms with van der Waals surface area (Å²) < 4.78 is 1.81. The van der Waals surface area contributed by atoms with Crippen molar-refractivity contribution in [3.8, 4) is 0 Å². The standard InChI is InChI=1S/C11H19N3/c1-4-7-12-10(2)5-6-11-8-13-14(3)9-11/h5-6,8-10,12H,4,7H2,1-3H3/b6-5+. The highest BCUT2D eigenvalue weighted by Crippen LogP contribution is 2.00. The molecule has 0 aliphatic carbocycles. The van der Waals surface area contributed by atoms with Gasteiger partial charge in [-0.2, -0.15) is 5.10 Å². The monoisotopic (exact) mass is 193 g/mol. The molecule has 0 aromatic carbocycles. The molecule has 3 nitrogen and oxygen atoms in total. The fourth-order valence-corrected chi connectivity index (χ4v) is 1.22. The van der Waals surface area contributed by atoms with Gasteiger partial charge in [0.2, 0.25) is 0 Å². The molecule has 1 aromatic heterocycles. The lowest BCUT2D eigenvalue weighted by Crippen LogP contribution is -2.24. The third-order valence-electron chi connectivity index (χ3n) is 2.02. The number of aromatic nitrogens is 2. The molecule has 78 valence electrons. The molecule has 0 aliphatic heterocycles. The Kier molecular flexibility index (Phi) is 4.40. The summed E-state index contributed by atoms with van der Waals surface area (Å²) in [5, 5.41) is 7.50. The minimum atomic E-state index is 0.426. The van der Waals surface area contributed by atoms with Crippen LogP contribution in [0.25, 0.3) is 6.08 Å². The molecule has 1 atom stereocenters. The maximum absolute atomic E-state index is 4.10. The SMILES string of the molecule is CCCNC(C)/C=C/c1cnn(C)c1. The molecular weight excluding hydrogens is 174 g/mol. The molecule has 1 N–H and O–H groups in total. The maximum atomic E-state index is 4.10. The van der Waals surface area contributed by atoms with E-state index in [0.29, 0.717) is 6.04 Å². The Morgan fingerprint density at radius 3 is 3.00 bits per heavy atom. The second-order valence-electron chi connectivity index (χ2n) is 3.55. The third kappa shape index (κ3) is 3.75. The number of nitrogens with one attached hydrogen (secondary N) is 1. The average Bonchev–Trinajstić information content (AvgIpc) is 2.58. The molecule has 0 aliphatic rings. The van der Waals surface area contributed by atoms with E-state index < -0.39 is 0 Å². The predicted octanol–water partition coefficient (Wildman–Crippen LogP) is 1.82. The number of hydrogen-bond acceptors (Lipinski definition) is 2. The third-order valence-corrected chi connectivity index (χ3v) is 2.02. The number of hydrogen-bond donors (Lipinski definition) is 1. The van der Waals surface area contributed by atoms with Crippen molar-refractivity contribution in [1.82, 2.24) is 15.1 Å². The zero-order valence-corrected chi connectivity index (χ0v) is 9.20. The summed E-state index contributed by atoms with van der Waals surface area (Å²) >= 11 is 0. The molecule has 0 bridgehead atoms. The highest BCUT2D eigenvalue weighted by Gasteiger charge is 1.94. The molecule has 1 heterocycles. The van der Waals surface area contributed by atoms with Gasteiger partial charge in [0.05, 0.1) is 6.20 Å². The van der Waals surface area contributed by atoms with Crippen molar-refractivity contribution in [2.24, 2.45) is 7.05 Å². The van der Waals surface area contributed by atoms with Crippen LogP contribution >= 0.6 is 0 Å². The molecule has 1 unspecified atom stereocenters. The topological polar surface area (TPSA) is 29.9 Å². The molecule has 0 spiro atoms. The summed E-state index contributed by atoms with van der Waals surface area (Å²) in [6, 6.07) is 0.426. The lowest BCUT2D eigenvalue weighted by atomic mass is 10.2. The summed E-state index contributed by atoms with van der Waals surface area (Å²) in [5.41, 5.74) is 1.15. The highest BCUT2D eigenvalue weighted by atomic mass is 15.2. The Hall–Kier alpha value is -1.09. The van der Waals surface area contributed by atoms with Crippen LogP contribution in [-0.2, 0) is 7.05 Å². The molecule has 0 radical (unpaired) electrons. The van der Waals surface area contributed by atoms with Gasteiger partial charge in [0.1, 0.15) is 0 Å². The molecular formula is C11H19N3. The van der Waals surface area contributed by atoms with Gasteiger partial charge in [0.15, 0.2) is 0 Å². The summed E-state index contributed by atoms with van der Waals surface area (Å²) in [6.45, 7) is 5.39. The Morgan fingerprint density at radius 1 is 1.64 bits per heavy atom. The van der Waals surface area contributed by atoms with Crippen LogP contribution in [0.1, 0.15) is 25.8 Å². The lowest BCUT2D eigenvalue weighted by Gasteiger charge is -2.06. The molecule has 0 fully saturated rings. The summed E-state index contributed by atoms with van der Waals surface area (Å²) in [6.07, 6.45) is 9.30. The van der Waals surface area contributed by atoms with Crippen LogP contribution in [0.5, 0.6) is 0 Å². The average molecular weight is 193 g/mol. The second kappa shape index (κ2) is 5.60. The summed E-state index contributed by atoms with van der Waals surface area (Å²) in [4.78, 5) is 0. The fourth-order valence-electron chi connectivity index (χ4n) is 1.22. The van der Waals surface area contributed by atoms with Gasteiger partial charge in [-0.1, -0.05) is 19.1 Å². The van der Waals surface area contributed by atoms with E-state index in [4.69, 9.17) is 0 Å². The van der Waals surface area contributed by atoms with Crippen molar-refractivity contribution in [3.63, 3.8) is 0 Å². The van der Waals surface area contributed by atoms with E-state index in [9.17, 15) is 0 Å². The quantitative estimate of drug-likeness (QED) is 0.773. The van der Waals surface area contributed by atoms with Crippen LogP contribution < -0.4 is 5.32 Å². The number of aryl methyl sites for hydroxylation is 1. The first-order valence-corrected chi connectivity index (χ1v) is 5.12. The van der Waals surface area contributed by atoms with Crippen molar-refractivity contribution < 1.29 is 0 Å². The van der Waals surface area contributed by atoms with Crippen LogP contribution in [0, 0.1) is 0 Å². The van der Waals surface area contributed by atoms with Gasteiger partial charge < -0.3 is 5.32 Å². The number of rotatable bonds is 5. The second-order valence-corrected chi connectivity index (χ2v) is 3.55. The van der Waals surface area contributed by atoms with Gasteiger partial charge in [-0.05, 0) is 19.9 Å². The van der Waals surface area contributed by atoms with E-state index in [1.165, 1.54) is 6.42 Å². The van der Waals surface area contributed by atoms with E-state index in [1.54, 1.807) is 0 Å². The van der Waals surface area contributed by atoms with Gasteiger partial charge in [0.25, 0.3) is 0 Å². The zero-order chi connectivity index (χ0) is 10.4. The van der Waals surface area contributed by atoms with Crippen LogP contribution in [0.2, 0.25) is 0 Å². The molecule has 3 heteroatoms. The molecule has 1 aromatic rings. The van der Waals surface area contributed by atoms with Crippen LogP contribution in [0.15, 0.2) is 18.5 Å². The summed E-state index contributed by atoms with van der Waals surface area (Å²) in [5.74, 6) is 0. The molecule has 14 heavy (non-hydrogen) atoms. The Balaban J connectivity index is 2.39. The zero-order valence-electron chi connectivity index (χ0n) is 9.20. The maximum Gasteiger partial charge on any atom is 0.0562 e. The van der Waals surface area contributed by atoms with Gasteiger partial charge in [-0.3, -0.25) is 4.68 Å². The first kappa shape index (κ1) is 11.0. The summed E-state index contributed by atoms with van der Waals surface area (Å²) in [7, 11) is 1.93. The van der Waals surface area contributed by atoms with Crippen molar-refractivity contribution in [3.05, 3.63) is 24.0 Å². The highest BCUT2D eigenvalue weighted by molar-refractivity contribution is 5.47. The predicted molar refractivity (Wildman–Crippen MR) is 60.0 cm³/mol. The van der Waals surface area contributed by atoms with Crippen LogP contribution in [0.3, 0.4) is 0 Å².